The third kappa shape index (κ3) is 5.77. The zero-order valence-electron chi connectivity index (χ0n) is 21.7. The van der Waals surface area contributed by atoms with E-state index in [0.717, 1.165) is 18.0 Å². The van der Waals surface area contributed by atoms with Gasteiger partial charge in [0.2, 0.25) is 5.91 Å². The van der Waals surface area contributed by atoms with Crippen LogP contribution in [0.3, 0.4) is 0 Å². The molecule has 2 aliphatic rings. The first-order chi connectivity index (χ1) is 17.9. The summed E-state index contributed by atoms with van der Waals surface area (Å²) >= 11 is 1.74. The Hall–Kier alpha value is -3.45. The Bertz CT molecular complexity index is 1290. The van der Waals surface area contributed by atoms with Gasteiger partial charge in [-0.15, -0.1) is 0 Å². The first-order valence-electron chi connectivity index (χ1n) is 12.8. The summed E-state index contributed by atoms with van der Waals surface area (Å²) in [4.78, 5) is 30.4. The minimum atomic E-state index is -0.306. The van der Waals surface area contributed by atoms with Gasteiger partial charge in [-0.05, 0) is 62.2 Å². The molecule has 1 fully saturated rings. The Balaban J connectivity index is 1.19. The molecule has 2 amide bonds. The molecule has 0 radical (unpaired) electrons. The minimum absolute atomic E-state index is 0.00330. The third-order valence-corrected chi connectivity index (χ3v) is 8.20. The summed E-state index contributed by atoms with van der Waals surface area (Å²) in [5, 5.41) is 6.37. The number of piperazine rings is 1. The summed E-state index contributed by atoms with van der Waals surface area (Å²) in [5.41, 5.74) is 7.06. The quantitative estimate of drug-likeness (QED) is 0.466. The molecule has 1 saturated heterocycles. The number of rotatable bonds is 6. The van der Waals surface area contributed by atoms with Crippen molar-refractivity contribution in [3.05, 3.63) is 89.0 Å². The van der Waals surface area contributed by atoms with Crippen LogP contribution in [0, 0.1) is 13.8 Å². The Morgan fingerprint density at radius 1 is 0.973 bits per heavy atom. The summed E-state index contributed by atoms with van der Waals surface area (Å²) in [5.74, 6) is 1.47. The fourth-order valence-electron chi connectivity index (χ4n) is 4.99. The van der Waals surface area contributed by atoms with Crippen molar-refractivity contribution >= 4 is 40.6 Å². The number of carbonyl (C=O) groups excluding carboxylic acids is 2. The number of nitrogens with one attached hydrogen (secondary N) is 2. The van der Waals surface area contributed by atoms with Gasteiger partial charge in [-0.25, -0.2) is 0 Å². The number of hydrogen-bond donors (Lipinski definition) is 2. The lowest BCUT2D eigenvalue weighted by molar-refractivity contribution is -0.116. The fraction of sp³-hybridized carbons (Fsp3) is 0.333. The number of benzene rings is 3. The van der Waals surface area contributed by atoms with E-state index in [0.29, 0.717) is 30.1 Å². The molecule has 6 nitrogen and oxygen atoms in total. The van der Waals surface area contributed by atoms with Gasteiger partial charge in [0.1, 0.15) is 6.04 Å². The first kappa shape index (κ1) is 25.2. The van der Waals surface area contributed by atoms with E-state index in [9.17, 15) is 9.59 Å². The van der Waals surface area contributed by atoms with Crippen LogP contribution in [0.15, 0.2) is 66.7 Å². The van der Waals surface area contributed by atoms with Crippen LogP contribution in [-0.4, -0.2) is 54.2 Å². The maximum absolute atomic E-state index is 13.3. The van der Waals surface area contributed by atoms with Gasteiger partial charge in [0, 0.05) is 48.4 Å². The van der Waals surface area contributed by atoms with Gasteiger partial charge < -0.3 is 20.4 Å². The van der Waals surface area contributed by atoms with Crippen LogP contribution in [0.2, 0.25) is 0 Å². The molecule has 2 atom stereocenters. The highest BCUT2D eigenvalue weighted by Gasteiger charge is 2.30. The van der Waals surface area contributed by atoms with E-state index in [1.54, 1.807) is 17.8 Å². The predicted molar refractivity (Wildman–Crippen MR) is 154 cm³/mol. The van der Waals surface area contributed by atoms with Crippen LogP contribution in [0.1, 0.15) is 34.0 Å². The molecule has 0 spiro atoms. The van der Waals surface area contributed by atoms with Crippen molar-refractivity contribution in [2.75, 3.05) is 40.9 Å². The lowest BCUT2D eigenvalue weighted by atomic mass is 10.1. The van der Waals surface area contributed by atoms with Crippen LogP contribution in [0.4, 0.5) is 17.1 Å². The maximum atomic E-state index is 13.3. The zero-order chi connectivity index (χ0) is 25.9. The molecule has 3 aromatic carbocycles. The van der Waals surface area contributed by atoms with Gasteiger partial charge in [-0.3, -0.25) is 9.59 Å². The van der Waals surface area contributed by atoms with Gasteiger partial charge in [0.15, 0.2) is 0 Å². The van der Waals surface area contributed by atoms with E-state index in [4.69, 9.17) is 0 Å². The number of amides is 2. The summed E-state index contributed by atoms with van der Waals surface area (Å²) in [6.07, 6.45) is 0. The number of nitrogens with zero attached hydrogens (tertiary/aromatic N) is 2. The predicted octanol–water partition coefficient (Wildman–Crippen LogP) is 5.32. The van der Waals surface area contributed by atoms with Crippen LogP contribution >= 0.6 is 11.8 Å². The van der Waals surface area contributed by atoms with Crippen molar-refractivity contribution in [2.24, 2.45) is 0 Å². The first-order valence-corrected chi connectivity index (χ1v) is 14.0. The second kappa shape index (κ2) is 10.9. The van der Waals surface area contributed by atoms with Crippen LogP contribution in [0.25, 0.3) is 0 Å². The van der Waals surface area contributed by atoms with Crippen LogP contribution in [0.5, 0.6) is 0 Å². The third-order valence-electron chi connectivity index (χ3n) is 7.09. The Morgan fingerprint density at radius 2 is 1.78 bits per heavy atom. The van der Waals surface area contributed by atoms with Gasteiger partial charge in [0.05, 0.1) is 11.4 Å². The van der Waals surface area contributed by atoms with E-state index in [2.05, 4.69) is 84.8 Å². The number of anilines is 3. The lowest BCUT2D eigenvalue weighted by Gasteiger charge is -2.41. The average Bonchev–Trinajstić information content (AvgIpc) is 2.89. The Kier molecular flexibility index (Phi) is 7.42. The number of hydrogen-bond acceptors (Lipinski definition) is 5. The minimum Gasteiger partial charge on any atom is -0.371 e. The Labute approximate surface area is 223 Å². The Morgan fingerprint density at radius 3 is 2.54 bits per heavy atom. The lowest BCUT2D eigenvalue weighted by Crippen LogP contribution is -2.53. The van der Waals surface area contributed by atoms with Gasteiger partial charge >= 0.3 is 0 Å². The van der Waals surface area contributed by atoms with Gasteiger partial charge in [0.25, 0.3) is 5.91 Å². The fourth-order valence-corrected chi connectivity index (χ4v) is 6.01. The normalized spacial score (nSPS) is 19.2. The molecule has 2 heterocycles. The van der Waals surface area contributed by atoms with Crippen molar-refractivity contribution in [2.45, 2.75) is 38.6 Å². The summed E-state index contributed by atoms with van der Waals surface area (Å²) in [7, 11) is 0. The molecular weight excluding hydrogens is 480 g/mol. The van der Waals surface area contributed by atoms with Gasteiger partial charge in [-0.1, -0.05) is 42.0 Å². The summed E-state index contributed by atoms with van der Waals surface area (Å²) < 4.78 is 0. The molecule has 2 N–H and O–H groups in total. The zero-order valence-corrected chi connectivity index (χ0v) is 22.5. The van der Waals surface area contributed by atoms with Crippen molar-refractivity contribution in [1.29, 1.82) is 0 Å². The van der Waals surface area contributed by atoms with Crippen LogP contribution < -0.4 is 15.5 Å². The summed E-state index contributed by atoms with van der Waals surface area (Å²) in [6.45, 7) is 8.46. The molecule has 0 unspecified atom stereocenters. The smallest absolute Gasteiger partial charge is 0.254 e. The highest BCUT2D eigenvalue weighted by atomic mass is 32.2. The molecule has 5 rings (SSSR count). The molecule has 0 bridgehead atoms. The highest BCUT2D eigenvalue weighted by Crippen LogP contribution is 2.30. The monoisotopic (exact) mass is 514 g/mol. The van der Waals surface area contributed by atoms with E-state index >= 15 is 0 Å². The number of aryl methyl sites for hydroxylation is 2. The SMILES string of the molecule is Cc1ccc(CSC[C@H]2Nc3ccc(C(=O)N4CCN(c5cccc(C)c5)[C@H](C)C4)cc3NC2=O)cc1. The standard InChI is InChI=1S/C30H34N4O2S/c1-20-7-9-23(10-8-20)18-37-19-28-29(35)32-27-16-24(11-12-26(27)31-28)30(36)33-13-14-34(22(3)17-33)25-6-4-5-21(2)15-25/h4-12,15-16,22,28,31H,13-14,17-19H2,1-3H3,(H,32,35)/t22-,28-/m1/s1. The van der Waals surface area contributed by atoms with Crippen molar-refractivity contribution in [1.82, 2.24) is 4.90 Å². The van der Waals surface area contributed by atoms with Crippen molar-refractivity contribution in [3.63, 3.8) is 0 Å². The molecular formula is C30H34N4O2S. The number of fused-ring (bicyclic) bond motifs is 1. The second-order valence-electron chi connectivity index (χ2n) is 10.1. The van der Waals surface area contributed by atoms with E-state index in [1.807, 2.05) is 17.0 Å². The van der Waals surface area contributed by atoms with E-state index < -0.39 is 0 Å². The van der Waals surface area contributed by atoms with E-state index in [1.165, 1.54) is 22.4 Å². The van der Waals surface area contributed by atoms with Crippen LogP contribution in [-0.2, 0) is 10.5 Å². The van der Waals surface area contributed by atoms with E-state index in [-0.39, 0.29) is 23.9 Å². The molecule has 192 valence electrons. The molecule has 0 saturated carbocycles. The highest BCUT2D eigenvalue weighted by molar-refractivity contribution is 7.98. The molecule has 2 aliphatic heterocycles. The largest absolute Gasteiger partial charge is 0.371 e. The van der Waals surface area contributed by atoms with Crippen molar-refractivity contribution in [3.8, 4) is 0 Å². The number of carbonyl (C=O) groups is 2. The van der Waals surface area contributed by atoms with Gasteiger partial charge in [-0.2, -0.15) is 11.8 Å². The molecule has 0 aliphatic carbocycles. The molecule has 7 heteroatoms. The molecule has 37 heavy (non-hydrogen) atoms. The topological polar surface area (TPSA) is 64.7 Å². The molecule has 3 aromatic rings. The second-order valence-corrected chi connectivity index (χ2v) is 11.1. The number of thioether (sulfide) groups is 1. The molecule has 0 aromatic heterocycles. The maximum Gasteiger partial charge on any atom is 0.254 e. The van der Waals surface area contributed by atoms with Crippen molar-refractivity contribution < 1.29 is 9.59 Å². The summed E-state index contributed by atoms with van der Waals surface area (Å²) in [6, 6.07) is 22.5. The average molecular weight is 515 g/mol.